The summed E-state index contributed by atoms with van der Waals surface area (Å²) in [6.07, 6.45) is 2.77. The third kappa shape index (κ3) is 3.39. The average molecular weight is 242 g/mol. The van der Waals surface area contributed by atoms with E-state index >= 15 is 0 Å². The largest absolute Gasteiger partial charge is 0.492 e. The summed E-state index contributed by atoms with van der Waals surface area (Å²) in [5, 5.41) is 0.705. The molecule has 0 aromatic heterocycles. The lowest BCUT2D eigenvalue weighted by atomic mass is 10.1. The number of hydrogen-bond acceptors (Lipinski definition) is 2. The highest BCUT2D eigenvalue weighted by atomic mass is 35.5. The Balaban J connectivity index is 3.01. The fourth-order valence-corrected chi connectivity index (χ4v) is 1.94. The summed E-state index contributed by atoms with van der Waals surface area (Å²) >= 11 is 6.22. The summed E-state index contributed by atoms with van der Waals surface area (Å²) in [5.74, 6) is 0.811. The van der Waals surface area contributed by atoms with Gasteiger partial charge < -0.3 is 10.5 Å². The average Bonchev–Trinajstić information content (AvgIpc) is 2.28. The van der Waals surface area contributed by atoms with E-state index in [1.807, 2.05) is 6.07 Å². The second kappa shape index (κ2) is 6.77. The first-order chi connectivity index (χ1) is 7.72. The summed E-state index contributed by atoms with van der Waals surface area (Å²) in [6, 6.07) is 4.12. The van der Waals surface area contributed by atoms with E-state index in [1.165, 1.54) is 5.56 Å². The van der Waals surface area contributed by atoms with Crippen LogP contribution in [0.5, 0.6) is 5.75 Å². The van der Waals surface area contributed by atoms with Crippen LogP contribution in [0.15, 0.2) is 12.1 Å². The van der Waals surface area contributed by atoms with Gasteiger partial charge in [-0.3, -0.25) is 0 Å². The van der Waals surface area contributed by atoms with Gasteiger partial charge in [0.05, 0.1) is 11.6 Å². The van der Waals surface area contributed by atoms with Crippen LogP contribution >= 0.6 is 11.6 Å². The van der Waals surface area contributed by atoms with Gasteiger partial charge in [0.2, 0.25) is 0 Å². The van der Waals surface area contributed by atoms with Crippen LogP contribution in [0, 0.1) is 0 Å². The second-order valence-corrected chi connectivity index (χ2v) is 4.21. The molecule has 0 aliphatic carbocycles. The Labute approximate surface area is 103 Å². The monoisotopic (exact) mass is 241 g/mol. The molecule has 0 radical (unpaired) electrons. The molecule has 0 fully saturated rings. The number of benzene rings is 1. The molecule has 1 aromatic rings. The quantitative estimate of drug-likeness (QED) is 0.830. The molecule has 0 saturated carbocycles. The molecular weight excluding hydrogens is 222 g/mol. The first-order valence-corrected chi connectivity index (χ1v) is 6.24. The van der Waals surface area contributed by atoms with Gasteiger partial charge >= 0.3 is 0 Å². The molecule has 16 heavy (non-hydrogen) atoms. The van der Waals surface area contributed by atoms with Crippen molar-refractivity contribution >= 4 is 11.6 Å². The molecule has 0 aliphatic rings. The van der Waals surface area contributed by atoms with Crippen LogP contribution in [0.4, 0.5) is 0 Å². The summed E-state index contributed by atoms with van der Waals surface area (Å²) in [4.78, 5) is 0. The zero-order valence-corrected chi connectivity index (χ0v) is 10.8. The maximum Gasteiger partial charge on any atom is 0.141 e. The highest BCUT2D eigenvalue weighted by Crippen LogP contribution is 2.31. The standard InChI is InChI=1S/C13H20ClNO/c1-3-7-16-13-11(5-6-15)8-10(4-2)9-12(13)14/h8-9H,3-7,15H2,1-2H3. The molecule has 90 valence electrons. The molecule has 1 aromatic carbocycles. The lowest BCUT2D eigenvalue weighted by Crippen LogP contribution is -2.07. The van der Waals surface area contributed by atoms with Crippen molar-refractivity contribution in [3.05, 3.63) is 28.3 Å². The zero-order chi connectivity index (χ0) is 12.0. The Bertz CT molecular complexity index is 339. The van der Waals surface area contributed by atoms with Crippen molar-refractivity contribution < 1.29 is 4.74 Å². The third-order valence-electron chi connectivity index (χ3n) is 2.45. The van der Waals surface area contributed by atoms with Crippen molar-refractivity contribution in [1.82, 2.24) is 0 Å². The van der Waals surface area contributed by atoms with Crippen molar-refractivity contribution in [2.24, 2.45) is 5.73 Å². The Morgan fingerprint density at radius 1 is 1.31 bits per heavy atom. The van der Waals surface area contributed by atoms with Crippen LogP contribution in [0.3, 0.4) is 0 Å². The molecule has 0 unspecified atom stereocenters. The van der Waals surface area contributed by atoms with Crippen molar-refractivity contribution in [3.63, 3.8) is 0 Å². The van der Waals surface area contributed by atoms with E-state index in [9.17, 15) is 0 Å². The first kappa shape index (κ1) is 13.3. The van der Waals surface area contributed by atoms with E-state index in [4.69, 9.17) is 22.1 Å². The summed E-state index contributed by atoms with van der Waals surface area (Å²) in [6.45, 7) is 5.51. The molecule has 2 N–H and O–H groups in total. The molecular formula is C13H20ClNO. The van der Waals surface area contributed by atoms with E-state index in [-0.39, 0.29) is 0 Å². The summed E-state index contributed by atoms with van der Waals surface area (Å²) in [5.41, 5.74) is 7.96. The molecule has 0 bridgehead atoms. The molecule has 0 amide bonds. The fourth-order valence-electron chi connectivity index (χ4n) is 1.62. The smallest absolute Gasteiger partial charge is 0.141 e. The predicted molar refractivity (Wildman–Crippen MR) is 69.4 cm³/mol. The topological polar surface area (TPSA) is 35.2 Å². The maximum absolute atomic E-state index is 6.22. The van der Waals surface area contributed by atoms with E-state index < -0.39 is 0 Å². The fraction of sp³-hybridized carbons (Fsp3) is 0.538. The Hall–Kier alpha value is -0.730. The number of ether oxygens (including phenoxy) is 1. The van der Waals surface area contributed by atoms with E-state index in [1.54, 1.807) is 0 Å². The molecule has 0 saturated heterocycles. The number of rotatable bonds is 6. The van der Waals surface area contributed by atoms with Crippen LogP contribution in [0.2, 0.25) is 5.02 Å². The van der Waals surface area contributed by atoms with Crippen LogP contribution in [0.25, 0.3) is 0 Å². The Morgan fingerprint density at radius 2 is 2.06 bits per heavy atom. The van der Waals surface area contributed by atoms with Gasteiger partial charge in [-0.1, -0.05) is 31.5 Å². The van der Waals surface area contributed by atoms with E-state index in [0.717, 1.165) is 30.6 Å². The zero-order valence-electron chi connectivity index (χ0n) is 10.1. The van der Waals surface area contributed by atoms with Gasteiger partial charge in [-0.2, -0.15) is 0 Å². The number of hydrogen-bond donors (Lipinski definition) is 1. The lowest BCUT2D eigenvalue weighted by Gasteiger charge is -2.14. The minimum absolute atomic E-state index is 0.617. The van der Waals surface area contributed by atoms with Crippen LogP contribution in [0.1, 0.15) is 31.4 Å². The lowest BCUT2D eigenvalue weighted by molar-refractivity contribution is 0.314. The minimum atomic E-state index is 0.617. The van der Waals surface area contributed by atoms with Gasteiger partial charge in [0.15, 0.2) is 0 Å². The van der Waals surface area contributed by atoms with E-state index in [0.29, 0.717) is 18.2 Å². The number of halogens is 1. The van der Waals surface area contributed by atoms with Gasteiger partial charge in [0.25, 0.3) is 0 Å². The van der Waals surface area contributed by atoms with Crippen LogP contribution in [-0.2, 0) is 12.8 Å². The third-order valence-corrected chi connectivity index (χ3v) is 2.73. The molecule has 0 aliphatic heterocycles. The van der Waals surface area contributed by atoms with Crippen LogP contribution in [-0.4, -0.2) is 13.2 Å². The van der Waals surface area contributed by atoms with Crippen molar-refractivity contribution in [1.29, 1.82) is 0 Å². The second-order valence-electron chi connectivity index (χ2n) is 3.81. The molecule has 0 atom stereocenters. The maximum atomic E-state index is 6.22. The van der Waals surface area contributed by atoms with E-state index in [2.05, 4.69) is 19.9 Å². The number of nitrogens with two attached hydrogens (primary N) is 1. The summed E-state index contributed by atoms with van der Waals surface area (Å²) in [7, 11) is 0. The molecule has 2 nitrogen and oxygen atoms in total. The summed E-state index contributed by atoms with van der Waals surface area (Å²) < 4.78 is 5.68. The molecule has 1 rings (SSSR count). The van der Waals surface area contributed by atoms with Gasteiger partial charge in [-0.25, -0.2) is 0 Å². The molecule has 3 heteroatoms. The predicted octanol–water partition coefficient (Wildman–Crippen LogP) is 3.19. The first-order valence-electron chi connectivity index (χ1n) is 5.87. The van der Waals surface area contributed by atoms with Crippen molar-refractivity contribution in [2.45, 2.75) is 33.1 Å². The normalized spacial score (nSPS) is 10.5. The van der Waals surface area contributed by atoms with Gasteiger partial charge in [0.1, 0.15) is 5.75 Å². The molecule has 0 spiro atoms. The SMILES string of the molecule is CCCOc1c(Cl)cc(CC)cc1CCN. The molecule has 0 heterocycles. The Morgan fingerprint density at radius 3 is 2.62 bits per heavy atom. The minimum Gasteiger partial charge on any atom is -0.492 e. The number of aryl methyl sites for hydroxylation is 1. The highest BCUT2D eigenvalue weighted by molar-refractivity contribution is 6.32. The van der Waals surface area contributed by atoms with Crippen molar-refractivity contribution in [2.75, 3.05) is 13.2 Å². The van der Waals surface area contributed by atoms with Crippen molar-refractivity contribution in [3.8, 4) is 5.75 Å². The highest BCUT2D eigenvalue weighted by Gasteiger charge is 2.09. The Kier molecular flexibility index (Phi) is 5.64. The van der Waals surface area contributed by atoms with Gasteiger partial charge in [-0.05, 0) is 43.0 Å². The van der Waals surface area contributed by atoms with Gasteiger partial charge in [-0.15, -0.1) is 0 Å². The van der Waals surface area contributed by atoms with Crippen LogP contribution < -0.4 is 10.5 Å². The van der Waals surface area contributed by atoms with Gasteiger partial charge in [0, 0.05) is 0 Å².